The summed E-state index contributed by atoms with van der Waals surface area (Å²) in [6, 6.07) is 6.87. The fourth-order valence-electron chi connectivity index (χ4n) is 1.40. The second-order valence-corrected chi connectivity index (χ2v) is 5.65. The molecule has 94 valence electrons. The van der Waals surface area contributed by atoms with Crippen molar-refractivity contribution < 1.29 is 9.00 Å². The summed E-state index contributed by atoms with van der Waals surface area (Å²) in [4.78, 5) is 10.9. The average Bonchev–Trinajstić information content (AvgIpc) is 2.29. The molecule has 0 bridgehead atoms. The Bertz CT molecular complexity index is 403. The van der Waals surface area contributed by atoms with Crippen molar-refractivity contribution in [2.75, 3.05) is 12.3 Å². The minimum absolute atomic E-state index is 0.265. The van der Waals surface area contributed by atoms with Crippen molar-refractivity contribution in [2.24, 2.45) is 17.4 Å². The van der Waals surface area contributed by atoms with Crippen LogP contribution in [0.25, 0.3) is 0 Å². The number of benzene rings is 1. The van der Waals surface area contributed by atoms with Crippen molar-refractivity contribution in [1.82, 2.24) is 0 Å². The topological polar surface area (TPSA) is 86.2 Å². The van der Waals surface area contributed by atoms with Gasteiger partial charge in [0.25, 0.3) is 0 Å². The lowest BCUT2D eigenvalue weighted by molar-refractivity contribution is 0.100. The van der Waals surface area contributed by atoms with E-state index in [-0.39, 0.29) is 5.92 Å². The number of rotatable bonds is 6. The second kappa shape index (κ2) is 6.51. The van der Waals surface area contributed by atoms with Gasteiger partial charge in [0.05, 0.1) is 0 Å². The van der Waals surface area contributed by atoms with Gasteiger partial charge in [0.15, 0.2) is 0 Å². The molecule has 1 amide bonds. The highest BCUT2D eigenvalue weighted by molar-refractivity contribution is 7.84. The van der Waals surface area contributed by atoms with E-state index in [9.17, 15) is 9.00 Å². The van der Waals surface area contributed by atoms with Crippen LogP contribution < -0.4 is 11.5 Å². The molecule has 1 aromatic rings. The maximum atomic E-state index is 11.8. The first kappa shape index (κ1) is 13.9. The van der Waals surface area contributed by atoms with E-state index in [0.29, 0.717) is 23.6 Å². The van der Waals surface area contributed by atoms with Gasteiger partial charge in [0, 0.05) is 27.9 Å². The predicted molar refractivity (Wildman–Crippen MR) is 69.9 cm³/mol. The molecule has 5 heteroatoms. The van der Waals surface area contributed by atoms with Crippen molar-refractivity contribution in [3.63, 3.8) is 0 Å². The molecule has 0 aromatic heterocycles. The van der Waals surface area contributed by atoms with Crippen molar-refractivity contribution >= 4 is 16.7 Å². The Kier molecular flexibility index (Phi) is 5.31. The van der Waals surface area contributed by atoms with Crippen LogP contribution in [-0.2, 0) is 16.6 Å². The lowest BCUT2D eigenvalue weighted by atomic mass is 10.1. The normalized spacial score (nSPS) is 14.2. The predicted octanol–water partition coefficient (Wildman–Crippen LogP) is 0.629. The highest BCUT2D eigenvalue weighted by Crippen LogP contribution is 2.08. The third-order valence-electron chi connectivity index (χ3n) is 2.44. The smallest absolute Gasteiger partial charge is 0.248 e. The van der Waals surface area contributed by atoms with Crippen molar-refractivity contribution in [1.29, 1.82) is 0 Å². The summed E-state index contributed by atoms with van der Waals surface area (Å²) in [5.41, 5.74) is 12.0. The van der Waals surface area contributed by atoms with Crippen LogP contribution in [0.15, 0.2) is 24.3 Å². The van der Waals surface area contributed by atoms with Gasteiger partial charge < -0.3 is 11.5 Å². The molecule has 1 aromatic carbocycles. The minimum Gasteiger partial charge on any atom is -0.366 e. The van der Waals surface area contributed by atoms with Crippen LogP contribution in [0.3, 0.4) is 0 Å². The van der Waals surface area contributed by atoms with E-state index in [0.717, 1.165) is 5.56 Å². The van der Waals surface area contributed by atoms with Gasteiger partial charge >= 0.3 is 0 Å². The van der Waals surface area contributed by atoms with Crippen LogP contribution in [0.5, 0.6) is 0 Å². The molecular formula is C12H18N2O2S. The first-order valence-electron chi connectivity index (χ1n) is 5.46. The molecule has 0 saturated carbocycles. The summed E-state index contributed by atoms with van der Waals surface area (Å²) < 4.78 is 11.8. The molecular weight excluding hydrogens is 236 g/mol. The largest absolute Gasteiger partial charge is 0.366 e. The summed E-state index contributed by atoms with van der Waals surface area (Å²) in [5, 5.41) is 0. The summed E-state index contributed by atoms with van der Waals surface area (Å²) in [5.74, 6) is 0.910. The van der Waals surface area contributed by atoms with Gasteiger partial charge in [-0.15, -0.1) is 0 Å². The number of carbonyl (C=O) groups excluding carboxylic acids is 1. The highest BCUT2D eigenvalue weighted by Gasteiger charge is 2.07. The van der Waals surface area contributed by atoms with Gasteiger partial charge in [-0.3, -0.25) is 9.00 Å². The lowest BCUT2D eigenvalue weighted by Crippen LogP contribution is -2.18. The van der Waals surface area contributed by atoms with E-state index in [2.05, 4.69) is 0 Å². The quantitative estimate of drug-likeness (QED) is 0.780. The Morgan fingerprint density at radius 1 is 1.35 bits per heavy atom. The standard InChI is InChI=1S/C12H18N2O2S/c1-9(6-13)7-17(16)8-10-2-4-11(5-3-10)12(14)15/h2-5,9H,6-8,13H2,1H3,(H2,14,15). The first-order valence-corrected chi connectivity index (χ1v) is 6.95. The summed E-state index contributed by atoms with van der Waals surface area (Å²) in [7, 11) is -0.914. The number of nitrogens with two attached hydrogens (primary N) is 2. The fraction of sp³-hybridized carbons (Fsp3) is 0.417. The molecule has 0 fully saturated rings. The molecule has 0 spiro atoms. The van der Waals surface area contributed by atoms with E-state index in [1.165, 1.54) is 0 Å². The molecule has 4 nitrogen and oxygen atoms in total. The number of hydrogen-bond acceptors (Lipinski definition) is 3. The molecule has 4 N–H and O–H groups in total. The number of carbonyl (C=O) groups is 1. The van der Waals surface area contributed by atoms with Crippen molar-refractivity contribution in [3.05, 3.63) is 35.4 Å². The van der Waals surface area contributed by atoms with Gasteiger partial charge in [-0.1, -0.05) is 19.1 Å². The van der Waals surface area contributed by atoms with Crippen LogP contribution in [0.4, 0.5) is 0 Å². The monoisotopic (exact) mass is 254 g/mol. The highest BCUT2D eigenvalue weighted by atomic mass is 32.2. The Morgan fingerprint density at radius 2 is 1.94 bits per heavy atom. The van der Waals surface area contributed by atoms with Crippen LogP contribution in [0.1, 0.15) is 22.8 Å². The van der Waals surface area contributed by atoms with Crippen molar-refractivity contribution in [3.8, 4) is 0 Å². The zero-order chi connectivity index (χ0) is 12.8. The van der Waals surface area contributed by atoms with Gasteiger partial charge in [0.1, 0.15) is 0 Å². The SMILES string of the molecule is CC(CN)CS(=O)Cc1ccc(C(N)=O)cc1. The van der Waals surface area contributed by atoms with Crippen LogP contribution in [0.2, 0.25) is 0 Å². The van der Waals surface area contributed by atoms with Gasteiger partial charge in [0.2, 0.25) is 5.91 Å². The summed E-state index contributed by atoms with van der Waals surface area (Å²) in [6.07, 6.45) is 0. The molecule has 2 unspecified atom stereocenters. The summed E-state index contributed by atoms with van der Waals surface area (Å²) in [6.45, 7) is 2.53. The van der Waals surface area contributed by atoms with Gasteiger partial charge in [-0.25, -0.2) is 0 Å². The number of primary amides is 1. The average molecular weight is 254 g/mol. The Labute approximate surface area is 104 Å². The maximum Gasteiger partial charge on any atom is 0.248 e. The van der Waals surface area contributed by atoms with Crippen LogP contribution in [-0.4, -0.2) is 22.4 Å². The van der Waals surface area contributed by atoms with E-state index in [4.69, 9.17) is 11.5 Å². The van der Waals surface area contributed by atoms with Crippen LogP contribution in [0, 0.1) is 5.92 Å². The Balaban J connectivity index is 2.57. The number of hydrogen-bond donors (Lipinski definition) is 2. The molecule has 17 heavy (non-hydrogen) atoms. The molecule has 0 aliphatic rings. The fourth-order valence-corrected chi connectivity index (χ4v) is 2.85. The van der Waals surface area contributed by atoms with E-state index < -0.39 is 16.7 Å². The van der Waals surface area contributed by atoms with Crippen LogP contribution >= 0.6 is 0 Å². The van der Waals surface area contributed by atoms with Gasteiger partial charge in [-0.2, -0.15) is 0 Å². The molecule has 2 atom stereocenters. The lowest BCUT2D eigenvalue weighted by Gasteiger charge is -2.08. The van der Waals surface area contributed by atoms with Crippen molar-refractivity contribution in [2.45, 2.75) is 12.7 Å². The zero-order valence-corrected chi connectivity index (χ0v) is 10.7. The number of amides is 1. The third-order valence-corrected chi connectivity index (χ3v) is 4.04. The second-order valence-electron chi connectivity index (χ2n) is 4.15. The zero-order valence-electron chi connectivity index (χ0n) is 9.89. The van der Waals surface area contributed by atoms with Gasteiger partial charge in [-0.05, 0) is 30.2 Å². The molecule has 0 heterocycles. The molecule has 0 saturated heterocycles. The Morgan fingerprint density at radius 3 is 2.41 bits per heavy atom. The maximum absolute atomic E-state index is 11.8. The molecule has 0 aliphatic heterocycles. The minimum atomic E-state index is -0.914. The molecule has 1 rings (SSSR count). The van der Waals surface area contributed by atoms with E-state index in [1.54, 1.807) is 24.3 Å². The Hall–Kier alpha value is -1.20. The third kappa shape index (κ3) is 4.66. The van der Waals surface area contributed by atoms with E-state index >= 15 is 0 Å². The summed E-state index contributed by atoms with van der Waals surface area (Å²) >= 11 is 0. The first-order chi connectivity index (χ1) is 8.02. The van der Waals surface area contributed by atoms with E-state index in [1.807, 2.05) is 6.92 Å². The molecule has 0 aliphatic carbocycles. The molecule has 0 radical (unpaired) electrons.